The van der Waals surface area contributed by atoms with Gasteiger partial charge in [0.05, 0.1) is 26.8 Å². The number of thiophene rings is 2. The minimum atomic E-state index is -2.65. The number of hydrogen-bond acceptors (Lipinski definition) is 3. The summed E-state index contributed by atoms with van der Waals surface area (Å²) in [7, 11) is -2.65. The highest BCUT2D eigenvalue weighted by atomic mass is 32.1. The second kappa shape index (κ2) is 10.1. The SMILES string of the molecule is CC1=CC(C)=N/C1=C(/c1ccc(-n2c(-c3cccs3)ccc2-c2cccs2)cc1)c1c(C)cc(C)n1B(F)F. The lowest BCUT2D eigenvalue weighted by molar-refractivity contribution is 0.624. The van der Waals surface area contributed by atoms with Gasteiger partial charge in [-0.3, -0.25) is 13.6 Å². The summed E-state index contributed by atoms with van der Waals surface area (Å²) in [6, 6.07) is 22.7. The van der Waals surface area contributed by atoms with Crippen LogP contribution in [0.4, 0.5) is 8.63 Å². The smallest absolute Gasteiger partial charge is 0.329 e. The Hall–Kier alpha value is -3.75. The summed E-state index contributed by atoms with van der Waals surface area (Å²) >= 11 is 3.41. The number of hydrogen-bond donors (Lipinski definition) is 0. The van der Waals surface area contributed by atoms with Gasteiger partial charge in [-0.1, -0.05) is 24.3 Å². The van der Waals surface area contributed by atoms with Crippen LogP contribution in [0, 0.1) is 13.8 Å². The fraction of sp³-hybridized carbons (Fsp3) is 0.129. The van der Waals surface area contributed by atoms with Crippen LogP contribution >= 0.6 is 22.7 Å². The molecule has 8 heteroatoms. The summed E-state index contributed by atoms with van der Waals surface area (Å²) in [6.07, 6.45) is 2.00. The van der Waals surface area contributed by atoms with Gasteiger partial charge < -0.3 is 9.05 Å². The van der Waals surface area contributed by atoms with Crippen LogP contribution in [0.3, 0.4) is 0 Å². The van der Waals surface area contributed by atoms with Gasteiger partial charge in [-0.2, -0.15) is 0 Å². The molecule has 0 atom stereocenters. The topological polar surface area (TPSA) is 22.2 Å². The Balaban J connectivity index is 1.54. The number of aliphatic imine (C=N–C) groups is 1. The van der Waals surface area contributed by atoms with Crippen molar-refractivity contribution in [1.29, 1.82) is 0 Å². The molecule has 1 aliphatic heterocycles. The summed E-state index contributed by atoms with van der Waals surface area (Å²) in [4.78, 5) is 7.15. The van der Waals surface area contributed by atoms with E-state index in [1.807, 2.05) is 45.0 Å². The first-order valence-corrected chi connectivity index (χ1v) is 14.4. The Kier molecular flexibility index (Phi) is 6.61. The van der Waals surface area contributed by atoms with E-state index in [4.69, 9.17) is 4.99 Å². The van der Waals surface area contributed by atoms with Crippen molar-refractivity contribution in [3.8, 4) is 26.8 Å². The van der Waals surface area contributed by atoms with Crippen LogP contribution in [0.2, 0.25) is 0 Å². The lowest BCUT2D eigenvalue weighted by Crippen LogP contribution is -2.18. The van der Waals surface area contributed by atoms with Crippen LogP contribution in [0.15, 0.2) is 99.8 Å². The monoisotopic (exact) mass is 553 g/mol. The van der Waals surface area contributed by atoms with Crippen molar-refractivity contribution in [2.75, 3.05) is 0 Å². The molecular weight excluding hydrogens is 527 g/mol. The number of aromatic nitrogens is 2. The van der Waals surface area contributed by atoms with E-state index in [2.05, 4.69) is 63.9 Å². The standard InChI is InChI=1S/C31H26BF2N3S2/c1-19-17-21(3)35-30(19)29(31-20(2)18-22(4)37(31)32(33)34)23-9-11-24(12-10-23)36-25(27-7-5-15-38-27)13-14-26(36)28-8-6-16-39-28/h5-18H,1-4H3/b30-29-. The average molecular weight is 554 g/mol. The summed E-state index contributed by atoms with van der Waals surface area (Å²) in [6.45, 7) is 7.54. The molecule has 0 radical (unpaired) electrons. The van der Waals surface area contributed by atoms with Gasteiger partial charge in [0.15, 0.2) is 0 Å². The highest BCUT2D eigenvalue weighted by Gasteiger charge is 2.29. The molecule has 0 amide bonds. The fourth-order valence-corrected chi connectivity index (χ4v) is 6.91. The number of allylic oxidation sites excluding steroid dienone is 2. The van der Waals surface area contributed by atoms with Gasteiger partial charge in [0.2, 0.25) is 0 Å². The van der Waals surface area contributed by atoms with Crippen LogP contribution < -0.4 is 0 Å². The minimum absolute atomic E-state index is 0.510. The number of nitrogens with zero attached hydrogens (tertiary/aromatic N) is 3. The molecule has 194 valence electrons. The molecule has 6 rings (SSSR count). The van der Waals surface area contributed by atoms with Crippen LogP contribution in [-0.4, -0.2) is 22.2 Å². The molecule has 5 aromatic rings. The molecule has 5 heterocycles. The van der Waals surface area contributed by atoms with Gasteiger partial charge in [-0.05, 0) is 104 Å². The third-order valence-electron chi connectivity index (χ3n) is 7.02. The van der Waals surface area contributed by atoms with Crippen molar-refractivity contribution >= 4 is 41.4 Å². The third kappa shape index (κ3) is 4.47. The summed E-state index contributed by atoms with van der Waals surface area (Å²) in [5, 5.41) is 4.17. The van der Waals surface area contributed by atoms with Crippen LogP contribution in [0.1, 0.15) is 36.4 Å². The summed E-state index contributed by atoms with van der Waals surface area (Å²) < 4.78 is 32.1. The van der Waals surface area contributed by atoms with Crippen LogP contribution in [0.5, 0.6) is 0 Å². The lowest BCUT2D eigenvalue weighted by Gasteiger charge is -2.18. The highest BCUT2D eigenvalue weighted by molar-refractivity contribution is 7.14. The van der Waals surface area contributed by atoms with E-state index in [0.29, 0.717) is 11.4 Å². The maximum Gasteiger partial charge on any atom is 0.677 e. The molecule has 0 aliphatic carbocycles. The van der Waals surface area contributed by atoms with E-state index in [1.165, 1.54) is 9.75 Å². The van der Waals surface area contributed by atoms with E-state index in [9.17, 15) is 8.63 Å². The minimum Gasteiger partial charge on any atom is -0.329 e. The Morgan fingerprint density at radius 2 is 1.44 bits per heavy atom. The first-order valence-electron chi connectivity index (χ1n) is 12.7. The van der Waals surface area contributed by atoms with Gasteiger partial charge in [-0.25, -0.2) is 0 Å². The van der Waals surface area contributed by atoms with Gasteiger partial charge in [0.1, 0.15) is 0 Å². The third-order valence-corrected chi connectivity index (χ3v) is 8.80. The predicted octanol–water partition coefficient (Wildman–Crippen LogP) is 9.30. The zero-order chi connectivity index (χ0) is 27.3. The molecular formula is C31H26BF2N3S2. The number of aryl methyl sites for hydroxylation is 2. The molecule has 0 spiro atoms. The molecule has 3 nitrogen and oxygen atoms in total. The molecule has 0 fully saturated rings. The summed E-state index contributed by atoms with van der Waals surface area (Å²) in [5.74, 6) is 0. The molecule has 0 saturated heterocycles. The van der Waals surface area contributed by atoms with Gasteiger partial charge in [-0.15, -0.1) is 22.7 Å². The maximum atomic E-state index is 14.3. The lowest BCUT2D eigenvalue weighted by atomic mass is 9.94. The largest absolute Gasteiger partial charge is 0.677 e. The van der Waals surface area contributed by atoms with E-state index >= 15 is 0 Å². The van der Waals surface area contributed by atoms with E-state index in [0.717, 1.165) is 55.2 Å². The Bertz CT molecular complexity index is 1700. The zero-order valence-electron chi connectivity index (χ0n) is 22.1. The Morgan fingerprint density at radius 1 is 0.821 bits per heavy atom. The average Bonchev–Trinajstić information content (AvgIpc) is 3.72. The van der Waals surface area contributed by atoms with Gasteiger partial charge in [0.25, 0.3) is 0 Å². The van der Waals surface area contributed by atoms with Crippen molar-refractivity contribution < 1.29 is 8.63 Å². The molecule has 4 aromatic heterocycles. The quantitative estimate of drug-likeness (QED) is 0.187. The van der Waals surface area contributed by atoms with Crippen molar-refractivity contribution in [1.82, 2.24) is 9.05 Å². The molecule has 39 heavy (non-hydrogen) atoms. The first kappa shape index (κ1) is 25.5. The molecule has 1 aliphatic rings. The number of rotatable bonds is 6. The Morgan fingerprint density at radius 3 is 1.92 bits per heavy atom. The number of benzene rings is 1. The fourth-order valence-electron chi connectivity index (χ4n) is 5.43. The molecule has 0 unspecified atom stereocenters. The van der Waals surface area contributed by atoms with Gasteiger partial charge >= 0.3 is 7.40 Å². The van der Waals surface area contributed by atoms with Crippen molar-refractivity contribution in [2.45, 2.75) is 27.7 Å². The molecule has 0 saturated carbocycles. The second-order valence-electron chi connectivity index (χ2n) is 9.71. The highest BCUT2D eigenvalue weighted by Crippen LogP contribution is 2.39. The summed E-state index contributed by atoms with van der Waals surface area (Å²) in [5.41, 5.74) is 9.24. The molecule has 1 aromatic carbocycles. The van der Waals surface area contributed by atoms with Crippen LogP contribution in [-0.2, 0) is 0 Å². The van der Waals surface area contributed by atoms with Gasteiger partial charge in [0, 0.05) is 28.4 Å². The Labute approximate surface area is 235 Å². The van der Waals surface area contributed by atoms with Crippen molar-refractivity contribution in [2.24, 2.45) is 4.99 Å². The van der Waals surface area contributed by atoms with Crippen LogP contribution in [0.25, 0.3) is 32.4 Å². The predicted molar refractivity (Wildman–Crippen MR) is 163 cm³/mol. The molecule has 0 bridgehead atoms. The van der Waals surface area contributed by atoms with Crippen molar-refractivity contribution in [3.63, 3.8) is 0 Å². The molecule has 0 N–H and O–H groups in total. The maximum absolute atomic E-state index is 14.3. The van der Waals surface area contributed by atoms with Crippen molar-refractivity contribution in [3.05, 3.63) is 117 Å². The first-order chi connectivity index (χ1) is 18.8. The normalized spacial score (nSPS) is 14.5. The zero-order valence-corrected chi connectivity index (χ0v) is 23.7. The van der Waals surface area contributed by atoms with E-state index in [1.54, 1.807) is 29.6 Å². The second-order valence-corrected chi connectivity index (χ2v) is 11.6. The number of halogens is 2. The van der Waals surface area contributed by atoms with E-state index < -0.39 is 7.40 Å². The van der Waals surface area contributed by atoms with E-state index in [-0.39, 0.29) is 0 Å².